The van der Waals surface area contributed by atoms with Gasteiger partial charge in [0.1, 0.15) is 5.75 Å². The highest BCUT2D eigenvalue weighted by atomic mass is 32.2. The van der Waals surface area contributed by atoms with E-state index in [0.29, 0.717) is 22.6 Å². The van der Waals surface area contributed by atoms with Crippen LogP contribution in [0.15, 0.2) is 64.3 Å². The molecule has 0 spiro atoms. The molecule has 1 heterocycles. The molecule has 182 valence electrons. The summed E-state index contributed by atoms with van der Waals surface area (Å²) in [7, 11) is -1.76. The molecule has 4 rings (SSSR count). The summed E-state index contributed by atoms with van der Waals surface area (Å²) in [4.78, 5) is 28.9. The molecule has 0 unspecified atom stereocenters. The van der Waals surface area contributed by atoms with Crippen LogP contribution >= 0.6 is 0 Å². The van der Waals surface area contributed by atoms with Crippen molar-refractivity contribution in [1.29, 1.82) is 0 Å². The van der Waals surface area contributed by atoms with Crippen molar-refractivity contribution >= 4 is 26.5 Å². The topological polar surface area (TPSA) is 121 Å². The summed E-state index contributed by atoms with van der Waals surface area (Å²) < 4.78 is 31.5. The van der Waals surface area contributed by atoms with E-state index in [-0.39, 0.29) is 5.41 Å². The molecule has 0 amide bonds. The fourth-order valence-corrected chi connectivity index (χ4v) is 4.65. The summed E-state index contributed by atoms with van der Waals surface area (Å²) in [6.45, 7) is 6.19. The van der Waals surface area contributed by atoms with Gasteiger partial charge >= 0.3 is 5.69 Å². The molecule has 0 saturated heterocycles. The molecule has 0 aliphatic heterocycles. The Morgan fingerprint density at radius 1 is 0.886 bits per heavy atom. The minimum absolute atomic E-state index is 0.298. The number of methoxy groups -OCH3 is 1. The molecule has 0 bridgehead atoms. The van der Waals surface area contributed by atoms with Crippen LogP contribution in [0, 0.1) is 0 Å². The van der Waals surface area contributed by atoms with E-state index in [0.717, 1.165) is 33.7 Å². The largest absolute Gasteiger partial charge is 0.496 e. The average Bonchev–Trinajstić information content (AvgIpc) is 2.76. The van der Waals surface area contributed by atoms with E-state index in [1.165, 1.54) is 6.20 Å². The Kier molecular flexibility index (Phi) is 6.06. The van der Waals surface area contributed by atoms with Crippen molar-refractivity contribution in [2.45, 2.75) is 26.2 Å². The van der Waals surface area contributed by atoms with E-state index in [9.17, 15) is 18.0 Å². The van der Waals surface area contributed by atoms with Crippen molar-refractivity contribution in [2.24, 2.45) is 0 Å². The molecule has 35 heavy (non-hydrogen) atoms. The van der Waals surface area contributed by atoms with E-state index in [1.54, 1.807) is 19.2 Å². The first-order valence-corrected chi connectivity index (χ1v) is 12.8. The molecule has 0 fully saturated rings. The minimum Gasteiger partial charge on any atom is -0.496 e. The molecule has 4 aromatic rings. The van der Waals surface area contributed by atoms with Gasteiger partial charge in [0.25, 0.3) is 5.56 Å². The maximum atomic E-state index is 12.6. The number of ether oxygens (including phenoxy) is 1. The van der Waals surface area contributed by atoms with Crippen LogP contribution in [0.3, 0.4) is 0 Å². The standard InChI is InChI=1S/C26H27N3O5S/c1-26(2,3)22-13-18(21-14-27-25(31)28-24(21)30)12-20(23(22)34-4)17-7-6-16-11-19(29-35(5,32)33)9-8-15(16)10-17/h6-14,29H,1-5H3,(H2,27,28,30,31). The van der Waals surface area contributed by atoms with Crippen LogP contribution < -0.4 is 20.7 Å². The molecule has 0 radical (unpaired) electrons. The Labute approximate surface area is 203 Å². The van der Waals surface area contributed by atoms with Crippen LogP contribution in [-0.4, -0.2) is 31.8 Å². The van der Waals surface area contributed by atoms with Gasteiger partial charge in [-0.25, -0.2) is 13.2 Å². The van der Waals surface area contributed by atoms with Gasteiger partial charge in [0.2, 0.25) is 10.0 Å². The average molecular weight is 494 g/mol. The van der Waals surface area contributed by atoms with Crippen LogP contribution in [0.5, 0.6) is 5.75 Å². The van der Waals surface area contributed by atoms with E-state index in [2.05, 4.69) is 35.5 Å². The third-order valence-corrected chi connectivity index (χ3v) is 6.29. The maximum absolute atomic E-state index is 12.6. The number of anilines is 1. The molecule has 8 nitrogen and oxygen atoms in total. The first-order chi connectivity index (χ1) is 16.4. The number of aromatic nitrogens is 2. The van der Waals surface area contributed by atoms with E-state index >= 15 is 0 Å². The lowest BCUT2D eigenvalue weighted by Crippen LogP contribution is -2.23. The fraction of sp³-hybridized carbons (Fsp3) is 0.231. The molecule has 0 aliphatic rings. The second-order valence-corrected chi connectivity index (χ2v) is 11.2. The van der Waals surface area contributed by atoms with Gasteiger partial charge in [-0.05, 0) is 57.6 Å². The number of sulfonamides is 1. The van der Waals surface area contributed by atoms with Gasteiger partial charge in [-0.1, -0.05) is 39.0 Å². The van der Waals surface area contributed by atoms with Crippen LogP contribution in [0.1, 0.15) is 26.3 Å². The molecule has 0 atom stereocenters. The number of rotatable bonds is 5. The summed E-state index contributed by atoms with van der Waals surface area (Å²) in [5.74, 6) is 0.691. The molecule has 0 aliphatic carbocycles. The molecule has 1 aromatic heterocycles. The zero-order valence-electron chi connectivity index (χ0n) is 20.1. The molecular weight excluding hydrogens is 466 g/mol. The van der Waals surface area contributed by atoms with Gasteiger partial charge in [-0.15, -0.1) is 0 Å². The molecular formula is C26H27N3O5S. The SMILES string of the molecule is COc1c(-c2ccc3cc(NS(C)(=O)=O)ccc3c2)cc(-c2c[nH]c(=O)[nH]c2=O)cc1C(C)(C)C. The van der Waals surface area contributed by atoms with Crippen molar-refractivity contribution < 1.29 is 13.2 Å². The Morgan fingerprint density at radius 2 is 1.57 bits per heavy atom. The summed E-state index contributed by atoms with van der Waals surface area (Å²) in [6, 6.07) is 14.9. The number of aromatic amines is 2. The number of H-pyrrole nitrogens is 2. The highest BCUT2D eigenvalue weighted by molar-refractivity contribution is 7.92. The molecule has 9 heteroatoms. The van der Waals surface area contributed by atoms with Gasteiger partial charge < -0.3 is 9.72 Å². The van der Waals surface area contributed by atoms with Gasteiger partial charge in [-0.3, -0.25) is 14.5 Å². The third kappa shape index (κ3) is 5.14. The fourth-order valence-electron chi connectivity index (χ4n) is 4.09. The quantitative estimate of drug-likeness (QED) is 0.384. The first kappa shape index (κ1) is 24.3. The molecule has 0 saturated carbocycles. The van der Waals surface area contributed by atoms with Gasteiger partial charge in [-0.2, -0.15) is 0 Å². The highest BCUT2D eigenvalue weighted by Gasteiger charge is 2.24. The highest BCUT2D eigenvalue weighted by Crippen LogP contribution is 2.42. The van der Waals surface area contributed by atoms with Crippen LogP contribution in [0.25, 0.3) is 33.0 Å². The zero-order chi connectivity index (χ0) is 25.5. The Hall–Kier alpha value is -3.85. The van der Waals surface area contributed by atoms with Crippen LogP contribution in [0.4, 0.5) is 5.69 Å². The van der Waals surface area contributed by atoms with E-state index in [4.69, 9.17) is 4.74 Å². The monoisotopic (exact) mass is 493 g/mol. The van der Waals surface area contributed by atoms with Crippen molar-refractivity contribution in [1.82, 2.24) is 9.97 Å². The predicted molar refractivity (Wildman–Crippen MR) is 140 cm³/mol. The van der Waals surface area contributed by atoms with E-state index in [1.807, 2.05) is 36.4 Å². The second kappa shape index (κ2) is 8.74. The number of benzene rings is 3. The zero-order valence-corrected chi connectivity index (χ0v) is 21.0. The second-order valence-electron chi connectivity index (χ2n) is 9.49. The van der Waals surface area contributed by atoms with Gasteiger partial charge in [0.05, 0.1) is 18.9 Å². The first-order valence-electron chi connectivity index (χ1n) is 10.9. The van der Waals surface area contributed by atoms with Crippen molar-refractivity contribution in [3.8, 4) is 28.0 Å². The van der Waals surface area contributed by atoms with Crippen molar-refractivity contribution in [3.05, 3.63) is 81.1 Å². The lowest BCUT2D eigenvalue weighted by molar-refractivity contribution is 0.399. The normalized spacial score (nSPS) is 12.0. The lowest BCUT2D eigenvalue weighted by atomic mass is 9.82. The van der Waals surface area contributed by atoms with Gasteiger partial charge in [0.15, 0.2) is 0 Å². The van der Waals surface area contributed by atoms with Gasteiger partial charge in [0, 0.05) is 23.0 Å². The van der Waals surface area contributed by atoms with Crippen LogP contribution in [-0.2, 0) is 15.4 Å². The van der Waals surface area contributed by atoms with E-state index < -0.39 is 21.3 Å². The smallest absolute Gasteiger partial charge is 0.325 e. The molecule has 3 N–H and O–H groups in total. The van der Waals surface area contributed by atoms with Crippen LogP contribution in [0.2, 0.25) is 0 Å². The number of fused-ring (bicyclic) bond motifs is 1. The number of hydrogen-bond acceptors (Lipinski definition) is 5. The summed E-state index contributed by atoms with van der Waals surface area (Å²) >= 11 is 0. The summed E-state index contributed by atoms with van der Waals surface area (Å²) in [5, 5.41) is 1.78. The maximum Gasteiger partial charge on any atom is 0.325 e. The Morgan fingerprint density at radius 3 is 2.20 bits per heavy atom. The summed E-state index contributed by atoms with van der Waals surface area (Å²) in [5.41, 5.74) is 2.70. The summed E-state index contributed by atoms with van der Waals surface area (Å²) in [6.07, 6.45) is 2.52. The third-order valence-electron chi connectivity index (χ3n) is 5.69. The molecule has 3 aromatic carbocycles. The Balaban J connectivity index is 1.94. The minimum atomic E-state index is -3.38. The Bertz CT molecular complexity index is 1660. The van der Waals surface area contributed by atoms with Crippen molar-refractivity contribution in [2.75, 3.05) is 18.1 Å². The predicted octanol–water partition coefficient (Wildman–Crippen LogP) is 4.23. The lowest BCUT2D eigenvalue weighted by Gasteiger charge is -2.25. The van der Waals surface area contributed by atoms with Crippen molar-refractivity contribution in [3.63, 3.8) is 0 Å². The number of nitrogens with one attached hydrogen (secondary N) is 3. The number of hydrogen-bond donors (Lipinski definition) is 3.